The van der Waals surface area contributed by atoms with Crippen molar-refractivity contribution in [1.29, 1.82) is 0 Å². The molecule has 2 fully saturated rings. The first-order chi connectivity index (χ1) is 17.8. The number of rotatable bonds is 8. The quantitative estimate of drug-likeness (QED) is 0.374. The Hall–Kier alpha value is -3.33. The molecule has 2 aromatic rings. The maximum absolute atomic E-state index is 14.3. The highest BCUT2D eigenvalue weighted by Gasteiger charge is 2.34. The molecule has 2 saturated carbocycles. The summed E-state index contributed by atoms with van der Waals surface area (Å²) in [5.74, 6) is 0.348. The van der Waals surface area contributed by atoms with Crippen LogP contribution in [0.1, 0.15) is 75.2 Å². The van der Waals surface area contributed by atoms with Crippen LogP contribution in [0.4, 0.5) is 4.39 Å². The molecule has 0 bridgehead atoms. The first-order valence-corrected chi connectivity index (χ1v) is 13.2. The predicted molar refractivity (Wildman–Crippen MR) is 137 cm³/mol. The van der Waals surface area contributed by atoms with E-state index in [0.717, 1.165) is 31.2 Å². The number of nitrogens with one attached hydrogen (secondary N) is 4. The highest BCUT2D eigenvalue weighted by molar-refractivity contribution is 6.20. The van der Waals surface area contributed by atoms with Crippen molar-refractivity contribution in [3.63, 3.8) is 0 Å². The summed E-state index contributed by atoms with van der Waals surface area (Å²) >= 11 is 0. The molecule has 2 aliphatic carbocycles. The molecule has 5 N–H and O–H groups in total. The molecule has 0 saturated heterocycles. The van der Waals surface area contributed by atoms with Crippen LogP contribution >= 0.6 is 0 Å². The molecule has 9 heteroatoms. The number of aliphatic hydroxyl groups is 1. The number of benzene rings is 1. The second kappa shape index (κ2) is 10.6. The number of halogens is 1. The first-order valence-electron chi connectivity index (χ1n) is 13.2. The van der Waals surface area contributed by atoms with Gasteiger partial charge in [0.1, 0.15) is 17.7 Å². The van der Waals surface area contributed by atoms with Gasteiger partial charge in [0.05, 0.1) is 23.9 Å². The minimum Gasteiger partial charge on any atom is -0.493 e. The van der Waals surface area contributed by atoms with Crippen LogP contribution < -0.4 is 20.7 Å². The Morgan fingerprint density at radius 1 is 1.08 bits per heavy atom. The van der Waals surface area contributed by atoms with E-state index in [1.165, 1.54) is 31.9 Å². The molecule has 1 aromatic carbocycles. The normalized spacial score (nSPS) is 24.1. The Balaban J connectivity index is 1.29. The molecule has 1 aromatic heterocycles. The van der Waals surface area contributed by atoms with Crippen LogP contribution in [0, 0.1) is 11.7 Å². The van der Waals surface area contributed by atoms with E-state index in [1.54, 1.807) is 12.3 Å². The number of aromatic amines is 1. The van der Waals surface area contributed by atoms with Crippen molar-refractivity contribution in [3.8, 4) is 5.75 Å². The second-order valence-corrected chi connectivity index (χ2v) is 10.5. The summed E-state index contributed by atoms with van der Waals surface area (Å²) in [5, 5.41) is 18.9. The van der Waals surface area contributed by atoms with Gasteiger partial charge in [0.2, 0.25) is 5.91 Å². The molecule has 0 radical (unpaired) electrons. The topological polar surface area (TPSA) is 115 Å². The number of aliphatic hydroxyl groups excluding tert-OH is 1. The van der Waals surface area contributed by atoms with Gasteiger partial charge in [-0.25, -0.2) is 4.39 Å². The molecule has 5 rings (SSSR count). The minimum atomic E-state index is -1.03. The fraction of sp³-hybridized carbons (Fsp3) is 0.500. The fourth-order valence-electron chi connectivity index (χ4n) is 5.25. The summed E-state index contributed by atoms with van der Waals surface area (Å²) in [6.45, 7) is 3.93. The average Bonchev–Trinajstić information content (AvgIpc) is 3.58. The smallest absolute Gasteiger partial charge is 0.255 e. The lowest BCUT2D eigenvalue weighted by Crippen LogP contribution is -2.46. The van der Waals surface area contributed by atoms with Crippen LogP contribution in [-0.2, 0) is 9.59 Å². The van der Waals surface area contributed by atoms with E-state index >= 15 is 0 Å². The Kier molecular flexibility index (Phi) is 7.24. The molecule has 37 heavy (non-hydrogen) atoms. The fourth-order valence-corrected chi connectivity index (χ4v) is 5.25. The number of carbonyl (C=O) groups is 2. The van der Waals surface area contributed by atoms with Gasteiger partial charge in [-0.15, -0.1) is 0 Å². The van der Waals surface area contributed by atoms with E-state index in [0.29, 0.717) is 40.8 Å². The SMILES string of the molecule is CC1=C(C(=O)NC2CCC(NC(=O)[C@H](C)O)CC2)c2[nH]ccc2C(c2cc(F)ccc2OCC2CC2)N1. The highest BCUT2D eigenvalue weighted by atomic mass is 19.1. The van der Waals surface area contributed by atoms with Gasteiger partial charge in [-0.2, -0.15) is 0 Å². The van der Waals surface area contributed by atoms with Gasteiger partial charge in [0.25, 0.3) is 5.91 Å². The van der Waals surface area contributed by atoms with E-state index in [1.807, 2.05) is 13.0 Å². The van der Waals surface area contributed by atoms with Crippen LogP contribution in [-0.4, -0.2) is 46.7 Å². The highest BCUT2D eigenvalue weighted by Crippen LogP contribution is 2.40. The third-order valence-corrected chi connectivity index (χ3v) is 7.55. The average molecular weight is 511 g/mol. The van der Waals surface area contributed by atoms with Gasteiger partial charge in [0, 0.05) is 35.1 Å². The molecule has 8 nitrogen and oxygen atoms in total. The van der Waals surface area contributed by atoms with Crippen LogP contribution in [0.2, 0.25) is 0 Å². The number of aromatic nitrogens is 1. The molecule has 1 unspecified atom stereocenters. The third kappa shape index (κ3) is 5.66. The van der Waals surface area contributed by atoms with Crippen LogP contribution in [0.3, 0.4) is 0 Å². The summed E-state index contributed by atoms with van der Waals surface area (Å²) in [7, 11) is 0. The summed E-state index contributed by atoms with van der Waals surface area (Å²) < 4.78 is 20.4. The molecule has 198 valence electrons. The van der Waals surface area contributed by atoms with E-state index in [9.17, 15) is 19.1 Å². The van der Waals surface area contributed by atoms with Crippen molar-refractivity contribution in [2.24, 2.45) is 5.92 Å². The Morgan fingerprint density at radius 2 is 1.78 bits per heavy atom. The van der Waals surface area contributed by atoms with Gasteiger partial charge in [-0.05, 0) is 82.6 Å². The van der Waals surface area contributed by atoms with Gasteiger partial charge in [-0.1, -0.05) is 0 Å². The summed E-state index contributed by atoms with van der Waals surface area (Å²) in [5.41, 5.74) is 3.53. The molecular weight excluding hydrogens is 475 g/mol. The van der Waals surface area contributed by atoms with Crippen molar-refractivity contribution < 1.29 is 23.8 Å². The second-order valence-electron chi connectivity index (χ2n) is 10.5. The maximum Gasteiger partial charge on any atom is 0.255 e. The summed E-state index contributed by atoms with van der Waals surface area (Å²) in [6.07, 6.45) is 6.04. The lowest BCUT2D eigenvalue weighted by atomic mass is 9.89. The molecule has 2 atom stereocenters. The standard InChI is InChI=1S/C28H35FN4O4/c1-15-24(28(36)33-20-8-6-19(7-9-20)32-27(35)16(2)34)26-21(11-12-30-26)25(31-15)22-13-18(29)5-10-23(22)37-14-17-3-4-17/h5,10-13,16-17,19-20,25,30-31,34H,3-4,6-9,14H2,1-2H3,(H,32,35)(H,33,36)/t16-,19?,20?,25?/m0/s1. The van der Waals surface area contributed by atoms with Crippen molar-refractivity contribution >= 4 is 17.4 Å². The Bertz CT molecular complexity index is 1190. The number of fused-ring (bicyclic) bond motifs is 1. The third-order valence-electron chi connectivity index (χ3n) is 7.55. The van der Waals surface area contributed by atoms with E-state index in [2.05, 4.69) is 20.9 Å². The van der Waals surface area contributed by atoms with Crippen molar-refractivity contribution in [3.05, 3.63) is 58.8 Å². The van der Waals surface area contributed by atoms with Crippen LogP contribution in [0.15, 0.2) is 36.2 Å². The van der Waals surface area contributed by atoms with E-state index in [-0.39, 0.29) is 35.8 Å². The Morgan fingerprint density at radius 3 is 2.46 bits per heavy atom. The largest absolute Gasteiger partial charge is 0.493 e. The zero-order valence-electron chi connectivity index (χ0n) is 21.3. The van der Waals surface area contributed by atoms with E-state index < -0.39 is 6.10 Å². The molecule has 3 aliphatic rings. The first kappa shape index (κ1) is 25.3. The van der Waals surface area contributed by atoms with Gasteiger partial charge < -0.3 is 30.8 Å². The maximum atomic E-state index is 14.3. The Labute approximate surface area is 216 Å². The lowest BCUT2D eigenvalue weighted by molar-refractivity contribution is -0.129. The summed E-state index contributed by atoms with van der Waals surface area (Å²) in [4.78, 5) is 28.4. The molecular formula is C28H35FN4O4. The van der Waals surface area contributed by atoms with Gasteiger partial charge in [0.15, 0.2) is 0 Å². The van der Waals surface area contributed by atoms with Crippen molar-refractivity contribution in [2.45, 2.75) is 76.6 Å². The number of hydrogen-bond acceptors (Lipinski definition) is 5. The molecule has 0 spiro atoms. The lowest BCUT2D eigenvalue weighted by Gasteiger charge is -2.32. The van der Waals surface area contributed by atoms with Gasteiger partial charge >= 0.3 is 0 Å². The zero-order valence-corrected chi connectivity index (χ0v) is 21.3. The number of hydrogen-bond donors (Lipinski definition) is 5. The minimum absolute atomic E-state index is 0.00529. The van der Waals surface area contributed by atoms with Crippen LogP contribution in [0.5, 0.6) is 5.75 Å². The zero-order chi connectivity index (χ0) is 26.1. The molecule has 2 heterocycles. The predicted octanol–water partition coefficient (Wildman–Crippen LogP) is 3.29. The summed E-state index contributed by atoms with van der Waals surface area (Å²) in [6, 6.07) is 6.17. The van der Waals surface area contributed by atoms with Gasteiger partial charge in [-0.3, -0.25) is 9.59 Å². The van der Waals surface area contributed by atoms with Crippen molar-refractivity contribution in [2.75, 3.05) is 6.61 Å². The number of ether oxygens (including phenoxy) is 1. The molecule has 2 amide bonds. The van der Waals surface area contributed by atoms with Crippen LogP contribution in [0.25, 0.3) is 5.57 Å². The number of H-pyrrole nitrogens is 1. The monoisotopic (exact) mass is 510 g/mol. The number of allylic oxidation sites excluding steroid dienone is 1. The van der Waals surface area contributed by atoms with Crippen molar-refractivity contribution in [1.82, 2.24) is 20.9 Å². The molecule has 1 aliphatic heterocycles. The van der Waals surface area contributed by atoms with E-state index in [4.69, 9.17) is 4.74 Å². The number of carbonyl (C=O) groups excluding carboxylic acids is 2. The number of amides is 2.